The molecule has 3 aliphatic heterocycles. The van der Waals surface area contributed by atoms with Gasteiger partial charge in [-0.1, -0.05) is 12.1 Å². The maximum Gasteiger partial charge on any atom is 0.257 e. The van der Waals surface area contributed by atoms with Crippen molar-refractivity contribution in [1.82, 2.24) is 9.47 Å². The first-order chi connectivity index (χ1) is 16.1. The molecule has 7 rings (SSSR count). The number of likely N-dealkylation sites (tertiary alicyclic amines) is 1. The number of ether oxygens (including phenoxy) is 1. The molecular formula is C27H29N3O3. The zero-order valence-corrected chi connectivity index (χ0v) is 19.0. The number of nitrogens with zero attached hydrogens (tertiary/aromatic N) is 2. The summed E-state index contributed by atoms with van der Waals surface area (Å²) in [6.45, 7) is 3.99. The number of hydrogen-bond donors (Lipinski definition) is 1. The van der Waals surface area contributed by atoms with Crippen LogP contribution in [-0.2, 0) is 10.3 Å². The number of rotatable bonds is 2. The molecule has 2 spiro atoms. The third-order valence-electron chi connectivity index (χ3n) is 8.13. The van der Waals surface area contributed by atoms with Crippen LogP contribution in [-0.4, -0.2) is 40.7 Å². The van der Waals surface area contributed by atoms with Crippen molar-refractivity contribution in [3.05, 3.63) is 71.4 Å². The largest absolute Gasteiger partial charge is 0.465 e. The van der Waals surface area contributed by atoms with Crippen molar-refractivity contribution in [3.8, 4) is 5.69 Å². The fourth-order valence-electron chi connectivity index (χ4n) is 6.16. The first-order valence-electron chi connectivity index (χ1n) is 12.1. The Bertz CT molecular complexity index is 1250. The molecular weight excluding hydrogens is 414 g/mol. The molecule has 6 nitrogen and oxygen atoms in total. The summed E-state index contributed by atoms with van der Waals surface area (Å²) in [4.78, 5) is 15.2. The summed E-state index contributed by atoms with van der Waals surface area (Å²) in [6.07, 6.45) is 7.12. The predicted octanol–water partition coefficient (Wildman–Crippen LogP) is 4.97. The van der Waals surface area contributed by atoms with Gasteiger partial charge in [0, 0.05) is 31.6 Å². The van der Waals surface area contributed by atoms with Crippen LogP contribution in [0.25, 0.3) is 5.69 Å². The van der Waals surface area contributed by atoms with E-state index in [1.165, 1.54) is 24.2 Å². The van der Waals surface area contributed by atoms with Crippen molar-refractivity contribution in [3.63, 3.8) is 0 Å². The van der Waals surface area contributed by atoms with Crippen LogP contribution in [0, 0.1) is 6.92 Å². The van der Waals surface area contributed by atoms with Crippen molar-refractivity contribution < 1.29 is 13.9 Å². The Morgan fingerprint density at radius 1 is 1.12 bits per heavy atom. The highest BCUT2D eigenvalue weighted by Crippen LogP contribution is 2.50. The van der Waals surface area contributed by atoms with Gasteiger partial charge in [-0.25, -0.2) is 0 Å². The monoisotopic (exact) mass is 443 g/mol. The van der Waals surface area contributed by atoms with Gasteiger partial charge in [0.05, 0.1) is 34.8 Å². The van der Waals surface area contributed by atoms with Gasteiger partial charge in [0.15, 0.2) is 0 Å². The van der Waals surface area contributed by atoms with E-state index in [1.807, 2.05) is 17.9 Å². The molecule has 0 radical (unpaired) electrons. The second kappa shape index (κ2) is 6.76. The number of hydrogen-bond acceptors (Lipinski definition) is 4. The Hall–Kier alpha value is -2.99. The SMILES string of the molecule is Cc1oc(C2CC2)cc1C(=O)N1CCC2(CC1)C[C@@]1(CO2)Nc2ccccc2-n2cccc21. The molecule has 1 amide bonds. The average Bonchev–Trinajstić information content (AvgIpc) is 3.25. The van der Waals surface area contributed by atoms with E-state index in [-0.39, 0.29) is 17.0 Å². The average molecular weight is 444 g/mol. The van der Waals surface area contributed by atoms with Crippen molar-refractivity contribution in [2.24, 2.45) is 0 Å². The fraction of sp³-hybridized carbons (Fsp3) is 0.444. The Kier molecular flexibility index (Phi) is 3.99. The van der Waals surface area contributed by atoms with E-state index >= 15 is 0 Å². The van der Waals surface area contributed by atoms with Gasteiger partial charge in [-0.05, 0) is 62.9 Å². The zero-order valence-electron chi connectivity index (χ0n) is 19.0. The Balaban J connectivity index is 1.10. The highest BCUT2D eigenvalue weighted by molar-refractivity contribution is 5.95. The van der Waals surface area contributed by atoms with Crippen LogP contribution in [0.3, 0.4) is 0 Å². The summed E-state index contributed by atoms with van der Waals surface area (Å²) >= 11 is 0. The molecule has 6 heteroatoms. The minimum Gasteiger partial charge on any atom is -0.465 e. The van der Waals surface area contributed by atoms with Crippen molar-refractivity contribution in [1.29, 1.82) is 0 Å². The number of fused-ring (bicyclic) bond motifs is 4. The topological polar surface area (TPSA) is 59.6 Å². The lowest BCUT2D eigenvalue weighted by Crippen LogP contribution is -2.48. The summed E-state index contributed by atoms with van der Waals surface area (Å²) in [5.41, 5.74) is 3.90. The molecule has 5 heterocycles. The maximum absolute atomic E-state index is 13.3. The number of aryl methyl sites for hydroxylation is 1. The minimum absolute atomic E-state index is 0.101. The van der Waals surface area contributed by atoms with Gasteiger partial charge < -0.3 is 23.9 Å². The van der Waals surface area contributed by atoms with Gasteiger partial charge in [0.25, 0.3) is 5.91 Å². The lowest BCUT2D eigenvalue weighted by molar-refractivity contribution is -0.0392. The Morgan fingerprint density at radius 3 is 2.76 bits per heavy atom. The summed E-state index contributed by atoms with van der Waals surface area (Å²) in [5, 5.41) is 3.83. The van der Waals surface area contributed by atoms with E-state index < -0.39 is 0 Å². The third-order valence-corrected chi connectivity index (χ3v) is 8.13. The van der Waals surface area contributed by atoms with Crippen molar-refractivity contribution in [2.45, 2.75) is 56.1 Å². The number of aromatic nitrogens is 1. The molecule has 2 saturated heterocycles. The molecule has 1 aromatic carbocycles. The molecule has 33 heavy (non-hydrogen) atoms. The zero-order chi connectivity index (χ0) is 22.2. The molecule has 1 aliphatic carbocycles. The smallest absolute Gasteiger partial charge is 0.257 e. The Morgan fingerprint density at radius 2 is 1.94 bits per heavy atom. The van der Waals surface area contributed by atoms with E-state index in [4.69, 9.17) is 9.15 Å². The van der Waals surface area contributed by atoms with E-state index in [0.717, 1.165) is 55.1 Å². The first kappa shape index (κ1) is 19.5. The van der Waals surface area contributed by atoms with E-state index in [0.29, 0.717) is 12.5 Å². The molecule has 4 aliphatic rings. The second-order valence-corrected chi connectivity index (χ2v) is 10.3. The Labute approximate surface area is 193 Å². The quantitative estimate of drug-likeness (QED) is 0.607. The van der Waals surface area contributed by atoms with Crippen LogP contribution in [0.5, 0.6) is 0 Å². The van der Waals surface area contributed by atoms with Crippen LogP contribution in [0.15, 0.2) is 53.1 Å². The summed E-state index contributed by atoms with van der Waals surface area (Å²) < 4.78 is 14.8. The lowest BCUT2D eigenvalue weighted by Gasteiger charge is -2.41. The van der Waals surface area contributed by atoms with Crippen molar-refractivity contribution in [2.75, 3.05) is 25.0 Å². The van der Waals surface area contributed by atoms with Crippen LogP contribution in [0.4, 0.5) is 5.69 Å². The predicted molar refractivity (Wildman–Crippen MR) is 125 cm³/mol. The first-order valence-corrected chi connectivity index (χ1v) is 12.1. The molecule has 1 saturated carbocycles. The number of piperidine rings is 1. The van der Waals surface area contributed by atoms with Gasteiger partial charge in [-0.15, -0.1) is 0 Å². The summed E-state index contributed by atoms with van der Waals surface area (Å²) in [5.74, 6) is 2.36. The number of carbonyl (C=O) groups is 1. The van der Waals surface area contributed by atoms with Gasteiger partial charge in [-0.3, -0.25) is 4.79 Å². The number of furan rings is 1. The van der Waals surface area contributed by atoms with Crippen molar-refractivity contribution >= 4 is 11.6 Å². The highest BCUT2D eigenvalue weighted by atomic mass is 16.5. The molecule has 3 fully saturated rings. The number of nitrogens with one attached hydrogen (secondary N) is 1. The number of amides is 1. The number of benzene rings is 1. The van der Waals surface area contributed by atoms with Gasteiger partial charge in [0.2, 0.25) is 0 Å². The molecule has 2 aromatic heterocycles. The fourth-order valence-corrected chi connectivity index (χ4v) is 6.16. The molecule has 0 bridgehead atoms. The van der Waals surface area contributed by atoms with Crippen LogP contribution >= 0.6 is 0 Å². The lowest BCUT2D eigenvalue weighted by atomic mass is 9.79. The normalized spacial score (nSPS) is 25.2. The van der Waals surface area contributed by atoms with Crippen LogP contribution in [0.1, 0.15) is 65.6 Å². The van der Waals surface area contributed by atoms with Crippen LogP contribution in [0.2, 0.25) is 0 Å². The highest BCUT2D eigenvalue weighted by Gasteiger charge is 2.54. The molecule has 170 valence electrons. The number of carbonyl (C=O) groups excluding carboxylic acids is 1. The number of anilines is 1. The molecule has 3 aromatic rings. The molecule has 1 N–H and O–H groups in total. The number of para-hydroxylation sites is 2. The standard InChI is InChI=1S/C27H29N3O3/c1-18-20(15-23(33-18)19-8-9-19)25(31)29-13-10-26(11-14-29)16-27(17-32-26)24-7-4-12-30(24)22-6-3-2-5-21(22)28-27/h2-7,12,15,19,28H,8-11,13-14,16-17H2,1H3/t27-/m0/s1. The third kappa shape index (κ3) is 2.93. The van der Waals surface area contributed by atoms with E-state index in [1.54, 1.807) is 0 Å². The van der Waals surface area contributed by atoms with Gasteiger partial charge >= 0.3 is 0 Å². The summed E-state index contributed by atoms with van der Waals surface area (Å²) in [7, 11) is 0. The van der Waals surface area contributed by atoms with Gasteiger partial charge in [0.1, 0.15) is 17.1 Å². The maximum atomic E-state index is 13.3. The summed E-state index contributed by atoms with van der Waals surface area (Å²) in [6, 6.07) is 14.8. The van der Waals surface area contributed by atoms with E-state index in [9.17, 15) is 4.79 Å². The molecule has 1 atom stereocenters. The van der Waals surface area contributed by atoms with E-state index in [2.05, 4.69) is 52.5 Å². The van der Waals surface area contributed by atoms with Crippen LogP contribution < -0.4 is 5.32 Å². The second-order valence-electron chi connectivity index (χ2n) is 10.3. The van der Waals surface area contributed by atoms with Gasteiger partial charge in [-0.2, -0.15) is 0 Å². The minimum atomic E-state index is -0.232. The molecule has 0 unspecified atom stereocenters.